The summed E-state index contributed by atoms with van der Waals surface area (Å²) in [5.41, 5.74) is 3.16. The van der Waals surface area contributed by atoms with Gasteiger partial charge < -0.3 is 10.6 Å². The lowest BCUT2D eigenvalue weighted by Gasteiger charge is -2.27. The Hall–Kier alpha value is -1.09. The van der Waals surface area contributed by atoms with Gasteiger partial charge >= 0.3 is 0 Å². The van der Waals surface area contributed by atoms with Crippen molar-refractivity contribution in [3.8, 4) is 0 Å². The normalized spacial score (nSPS) is 25.1. The zero-order chi connectivity index (χ0) is 11.7. The molecule has 0 aliphatic carbocycles. The van der Waals surface area contributed by atoms with E-state index in [1.54, 1.807) is 0 Å². The summed E-state index contributed by atoms with van der Waals surface area (Å²) in [6, 6.07) is 6.01. The standard InChI is InChI=1S/C14H19FN2/c15-13(12-6-1-2-8-16-12)11-5-3-4-10-7-9-17-14(10)11/h3-5,12-13,16-17H,1-2,6-9H2. The van der Waals surface area contributed by atoms with E-state index in [0.717, 1.165) is 43.6 Å². The topological polar surface area (TPSA) is 24.1 Å². The van der Waals surface area contributed by atoms with Crippen LogP contribution < -0.4 is 10.6 Å². The van der Waals surface area contributed by atoms with E-state index in [4.69, 9.17) is 0 Å². The zero-order valence-electron chi connectivity index (χ0n) is 10.0. The molecule has 0 aromatic heterocycles. The molecule has 3 rings (SSSR count). The van der Waals surface area contributed by atoms with Crippen LogP contribution in [0.25, 0.3) is 0 Å². The number of rotatable bonds is 2. The van der Waals surface area contributed by atoms with Crippen molar-refractivity contribution in [2.45, 2.75) is 37.9 Å². The van der Waals surface area contributed by atoms with E-state index in [9.17, 15) is 4.39 Å². The van der Waals surface area contributed by atoms with Crippen molar-refractivity contribution < 1.29 is 4.39 Å². The smallest absolute Gasteiger partial charge is 0.142 e. The van der Waals surface area contributed by atoms with Crippen LogP contribution in [0.2, 0.25) is 0 Å². The number of nitrogens with one attached hydrogen (secondary N) is 2. The average molecular weight is 234 g/mol. The van der Waals surface area contributed by atoms with Gasteiger partial charge in [0, 0.05) is 23.8 Å². The van der Waals surface area contributed by atoms with E-state index in [2.05, 4.69) is 16.7 Å². The highest BCUT2D eigenvalue weighted by molar-refractivity contribution is 5.62. The molecule has 1 saturated heterocycles. The fraction of sp³-hybridized carbons (Fsp3) is 0.571. The van der Waals surface area contributed by atoms with E-state index >= 15 is 0 Å². The molecule has 2 atom stereocenters. The van der Waals surface area contributed by atoms with Crippen molar-refractivity contribution in [1.82, 2.24) is 5.32 Å². The maximum absolute atomic E-state index is 14.6. The predicted molar refractivity (Wildman–Crippen MR) is 68.1 cm³/mol. The molecule has 0 bridgehead atoms. The van der Waals surface area contributed by atoms with Crippen LogP contribution >= 0.6 is 0 Å². The first kappa shape index (κ1) is 11.0. The van der Waals surface area contributed by atoms with Gasteiger partial charge in [-0.05, 0) is 31.4 Å². The molecule has 92 valence electrons. The lowest BCUT2D eigenvalue weighted by atomic mass is 9.94. The highest BCUT2D eigenvalue weighted by atomic mass is 19.1. The van der Waals surface area contributed by atoms with Crippen molar-refractivity contribution >= 4 is 5.69 Å². The third kappa shape index (κ3) is 2.04. The second kappa shape index (κ2) is 4.65. The van der Waals surface area contributed by atoms with Crippen molar-refractivity contribution in [3.05, 3.63) is 29.3 Å². The van der Waals surface area contributed by atoms with Gasteiger partial charge in [-0.3, -0.25) is 0 Å². The number of piperidine rings is 1. The van der Waals surface area contributed by atoms with Crippen LogP contribution in [0.1, 0.15) is 36.6 Å². The molecule has 1 aromatic carbocycles. The number of hydrogen-bond acceptors (Lipinski definition) is 2. The molecule has 17 heavy (non-hydrogen) atoms. The molecule has 0 saturated carbocycles. The second-order valence-corrected chi connectivity index (χ2v) is 5.02. The molecular weight excluding hydrogens is 215 g/mol. The lowest BCUT2D eigenvalue weighted by Crippen LogP contribution is -2.37. The van der Waals surface area contributed by atoms with E-state index in [1.165, 1.54) is 12.0 Å². The number of anilines is 1. The zero-order valence-corrected chi connectivity index (χ0v) is 10.0. The molecule has 2 unspecified atom stereocenters. The summed E-state index contributed by atoms with van der Waals surface area (Å²) in [5.74, 6) is 0. The van der Waals surface area contributed by atoms with Gasteiger partial charge in [0.1, 0.15) is 6.17 Å². The first-order valence-electron chi connectivity index (χ1n) is 6.59. The Labute approximate surface area is 102 Å². The third-order valence-electron chi connectivity index (χ3n) is 3.88. The molecule has 0 spiro atoms. The van der Waals surface area contributed by atoms with Crippen LogP contribution in [0.3, 0.4) is 0 Å². The largest absolute Gasteiger partial charge is 0.384 e. The van der Waals surface area contributed by atoms with Crippen molar-refractivity contribution in [3.63, 3.8) is 0 Å². The lowest BCUT2D eigenvalue weighted by molar-refractivity contribution is 0.222. The molecule has 1 aromatic rings. The molecule has 2 aliphatic heterocycles. The van der Waals surface area contributed by atoms with Gasteiger partial charge in [0.25, 0.3) is 0 Å². The first-order valence-corrected chi connectivity index (χ1v) is 6.59. The highest BCUT2D eigenvalue weighted by Gasteiger charge is 2.28. The second-order valence-electron chi connectivity index (χ2n) is 5.02. The SMILES string of the molecule is FC(c1cccc2c1NCC2)C1CCCCN1. The number of para-hydroxylation sites is 1. The molecule has 3 heteroatoms. The number of benzene rings is 1. The van der Waals surface area contributed by atoms with Gasteiger partial charge in [-0.25, -0.2) is 4.39 Å². The van der Waals surface area contributed by atoms with Crippen molar-refractivity contribution in [2.24, 2.45) is 0 Å². The molecule has 0 amide bonds. The predicted octanol–water partition coefficient (Wildman–Crippen LogP) is 2.81. The van der Waals surface area contributed by atoms with Crippen LogP contribution in [0.5, 0.6) is 0 Å². The Morgan fingerprint density at radius 2 is 2.18 bits per heavy atom. The maximum Gasteiger partial charge on any atom is 0.142 e. The number of hydrogen-bond donors (Lipinski definition) is 2. The Morgan fingerprint density at radius 3 is 3.00 bits per heavy atom. The minimum Gasteiger partial charge on any atom is -0.384 e. The minimum absolute atomic E-state index is 0.00218. The van der Waals surface area contributed by atoms with Gasteiger partial charge in [-0.1, -0.05) is 24.6 Å². The summed E-state index contributed by atoms with van der Waals surface area (Å²) < 4.78 is 14.6. The molecule has 2 aliphatic rings. The molecule has 0 radical (unpaired) electrons. The fourth-order valence-corrected chi connectivity index (χ4v) is 2.94. The fourth-order valence-electron chi connectivity index (χ4n) is 2.94. The molecule has 2 nitrogen and oxygen atoms in total. The molecule has 1 fully saturated rings. The molecular formula is C14H19FN2. The van der Waals surface area contributed by atoms with E-state index in [-0.39, 0.29) is 6.04 Å². The van der Waals surface area contributed by atoms with Gasteiger partial charge in [0.15, 0.2) is 0 Å². The number of fused-ring (bicyclic) bond motifs is 1. The first-order chi connectivity index (χ1) is 8.36. The summed E-state index contributed by atoms with van der Waals surface area (Å²) in [6.45, 7) is 1.89. The number of alkyl halides is 1. The Bertz CT molecular complexity index is 399. The Kier molecular flexibility index (Phi) is 3.02. The average Bonchev–Trinajstić information content (AvgIpc) is 2.87. The van der Waals surface area contributed by atoms with Crippen LogP contribution in [-0.2, 0) is 6.42 Å². The summed E-state index contributed by atoms with van der Waals surface area (Å²) in [5, 5.41) is 6.63. The molecule has 2 heterocycles. The number of halogens is 1. The maximum atomic E-state index is 14.6. The summed E-state index contributed by atoms with van der Waals surface area (Å²) in [7, 11) is 0. The van der Waals surface area contributed by atoms with Gasteiger partial charge in [-0.15, -0.1) is 0 Å². The van der Waals surface area contributed by atoms with Gasteiger partial charge in [0.2, 0.25) is 0 Å². The van der Waals surface area contributed by atoms with E-state index < -0.39 is 6.17 Å². The van der Waals surface area contributed by atoms with Crippen LogP contribution in [-0.4, -0.2) is 19.1 Å². The van der Waals surface area contributed by atoms with Crippen molar-refractivity contribution in [2.75, 3.05) is 18.4 Å². The molecule has 2 N–H and O–H groups in total. The Morgan fingerprint density at radius 1 is 1.24 bits per heavy atom. The van der Waals surface area contributed by atoms with Gasteiger partial charge in [-0.2, -0.15) is 0 Å². The van der Waals surface area contributed by atoms with Crippen molar-refractivity contribution in [1.29, 1.82) is 0 Å². The van der Waals surface area contributed by atoms with Gasteiger partial charge in [0.05, 0.1) is 0 Å². The van der Waals surface area contributed by atoms with Crippen LogP contribution in [0.4, 0.5) is 10.1 Å². The van der Waals surface area contributed by atoms with E-state index in [0.29, 0.717) is 0 Å². The quantitative estimate of drug-likeness (QED) is 0.822. The Balaban J connectivity index is 1.85. The third-order valence-corrected chi connectivity index (χ3v) is 3.88. The van der Waals surface area contributed by atoms with Crippen LogP contribution in [0, 0.1) is 0 Å². The summed E-state index contributed by atoms with van der Waals surface area (Å²) >= 11 is 0. The summed E-state index contributed by atoms with van der Waals surface area (Å²) in [4.78, 5) is 0. The summed E-state index contributed by atoms with van der Waals surface area (Å²) in [6.07, 6.45) is 3.41. The monoisotopic (exact) mass is 234 g/mol. The minimum atomic E-state index is -0.879. The van der Waals surface area contributed by atoms with Crippen LogP contribution in [0.15, 0.2) is 18.2 Å². The highest BCUT2D eigenvalue weighted by Crippen LogP contribution is 2.35. The van der Waals surface area contributed by atoms with E-state index in [1.807, 2.05) is 12.1 Å².